The molecule has 2 aromatic rings. The molecule has 0 aliphatic carbocycles. The summed E-state index contributed by atoms with van der Waals surface area (Å²) in [5.74, 6) is -1.45. The van der Waals surface area contributed by atoms with Crippen LogP contribution in [0.5, 0.6) is 0 Å². The number of halogens is 2. The summed E-state index contributed by atoms with van der Waals surface area (Å²) in [7, 11) is 0. The molecule has 1 heterocycles. The van der Waals surface area contributed by atoms with E-state index in [1.54, 1.807) is 21.9 Å². The van der Waals surface area contributed by atoms with Gasteiger partial charge in [-0.1, -0.05) is 12.1 Å². The van der Waals surface area contributed by atoms with Gasteiger partial charge in [0.25, 0.3) is 11.8 Å². The number of amides is 2. The molecule has 2 aromatic carbocycles. The smallest absolute Gasteiger partial charge is 0.254 e. The molecule has 3 rings (SSSR count). The van der Waals surface area contributed by atoms with Gasteiger partial charge in [0, 0.05) is 36.3 Å². The number of benzene rings is 2. The number of nitrogens with zero attached hydrogens (tertiary/aromatic N) is 2. The maximum Gasteiger partial charge on any atom is 0.254 e. The maximum atomic E-state index is 13.4. The molecule has 0 aromatic heterocycles. The number of carbonyl (C=O) groups excluding carboxylic acids is 2. The van der Waals surface area contributed by atoms with Crippen molar-refractivity contribution >= 4 is 11.8 Å². The first kappa shape index (κ1) is 18.0. The van der Waals surface area contributed by atoms with Crippen LogP contribution >= 0.6 is 0 Å². The van der Waals surface area contributed by atoms with E-state index in [1.807, 2.05) is 13.8 Å². The van der Waals surface area contributed by atoms with E-state index in [1.165, 1.54) is 36.4 Å². The van der Waals surface area contributed by atoms with Crippen LogP contribution in [0.25, 0.3) is 0 Å². The van der Waals surface area contributed by atoms with Crippen molar-refractivity contribution in [3.05, 3.63) is 71.3 Å². The van der Waals surface area contributed by atoms with Crippen LogP contribution in [0.15, 0.2) is 48.5 Å². The van der Waals surface area contributed by atoms with Crippen molar-refractivity contribution in [2.75, 3.05) is 13.1 Å². The minimum atomic E-state index is -0.462. The highest BCUT2D eigenvalue weighted by atomic mass is 19.1. The summed E-state index contributed by atoms with van der Waals surface area (Å²) >= 11 is 0. The van der Waals surface area contributed by atoms with Gasteiger partial charge in [-0.15, -0.1) is 0 Å². The Kier molecular flexibility index (Phi) is 5.02. The van der Waals surface area contributed by atoms with E-state index in [-0.39, 0.29) is 35.0 Å². The first-order valence-corrected chi connectivity index (χ1v) is 8.50. The molecule has 26 heavy (non-hydrogen) atoms. The number of rotatable bonds is 2. The normalized spacial score (nSPS) is 20.2. The van der Waals surface area contributed by atoms with E-state index >= 15 is 0 Å². The molecule has 1 aliphatic rings. The van der Waals surface area contributed by atoms with Gasteiger partial charge in [0.05, 0.1) is 0 Å². The van der Waals surface area contributed by atoms with E-state index in [2.05, 4.69) is 0 Å². The molecule has 1 saturated heterocycles. The number of carbonyl (C=O) groups is 2. The molecule has 0 N–H and O–H groups in total. The van der Waals surface area contributed by atoms with Gasteiger partial charge in [0.2, 0.25) is 0 Å². The van der Waals surface area contributed by atoms with Crippen molar-refractivity contribution in [3.63, 3.8) is 0 Å². The molecule has 1 aliphatic heterocycles. The molecule has 0 radical (unpaired) electrons. The third-order valence-corrected chi connectivity index (χ3v) is 4.65. The lowest BCUT2D eigenvalue weighted by molar-refractivity contribution is 0.0269. The molecular formula is C20H20F2N2O2. The van der Waals surface area contributed by atoms with Gasteiger partial charge in [-0.05, 0) is 50.2 Å². The minimum Gasteiger partial charge on any atom is -0.332 e. The van der Waals surface area contributed by atoms with Crippen LogP contribution in [0.4, 0.5) is 8.78 Å². The van der Waals surface area contributed by atoms with E-state index < -0.39 is 11.6 Å². The van der Waals surface area contributed by atoms with Gasteiger partial charge in [-0.25, -0.2) is 8.78 Å². The fourth-order valence-corrected chi connectivity index (χ4v) is 3.27. The molecule has 1 fully saturated rings. The summed E-state index contributed by atoms with van der Waals surface area (Å²) in [4.78, 5) is 28.7. The second-order valence-corrected chi connectivity index (χ2v) is 6.63. The van der Waals surface area contributed by atoms with E-state index in [0.29, 0.717) is 13.1 Å². The zero-order valence-electron chi connectivity index (χ0n) is 14.7. The molecule has 2 amide bonds. The Bertz CT molecular complexity index is 771. The van der Waals surface area contributed by atoms with Crippen LogP contribution < -0.4 is 0 Å². The molecule has 2 atom stereocenters. The molecule has 0 saturated carbocycles. The topological polar surface area (TPSA) is 40.6 Å². The van der Waals surface area contributed by atoms with Gasteiger partial charge in [0.1, 0.15) is 11.6 Å². The average molecular weight is 358 g/mol. The fourth-order valence-electron chi connectivity index (χ4n) is 3.27. The van der Waals surface area contributed by atoms with Crippen LogP contribution in [0.2, 0.25) is 0 Å². The zero-order chi connectivity index (χ0) is 18.8. The van der Waals surface area contributed by atoms with Gasteiger partial charge >= 0.3 is 0 Å². The van der Waals surface area contributed by atoms with Gasteiger partial charge in [-0.3, -0.25) is 9.59 Å². The molecule has 0 unspecified atom stereocenters. The van der Waals surface area contributed by atoms with Crippen molar-refractivity contribution < 1.29 is 18.4 Å². The fraction of sp³-hybridized carbons (Fsp3) is 0.300. The Balaban J connectivity index is 1.77. The second-order valence-electron chi connectivity index (χ2n) is 6.63. The predicted octanol–water partition coefficient (Wildman–Crippen LogP) is 3.34. The summed E-state index contributed by atoms with van der Waals surface area (Å²) < 4.78 is 26.8. The van der Waals surface area contributed by atoms with Crippen molar-refractivity contribution in [2.24, 2.45) is 0 Å². The summed E-state index contributed by atoms with van der Waals surface area (Å²) in [5, 5.41) is 0. The molecular weight excluding hydrogens is 338 g/mol. The third kappa shape index (κ3) is 3.59. The van der Waals surface area contributed by atoms with Crippen molar-refractivity contribution in [1.82, 2.24) is 9.80 Å². The molecule has 0 spiro atoms. The highest BCUT2D eigenvalue weighted by Gasteiger charge is 2.35. The molecule has 0 bridgehead atoms. The van der Waals surface area contributed by atoms with Crippen molar-refractivity contribution in [3.8, 4) is 0 Å². The Hall–Kier alpha value is -2.76. The number of hydrogen-bond donors (Lipinski definition) is 0. The lowest BCUT2D eigenvalue weighted by Gasteiger charge is -2.44. The maximum absolute atomic E-state index is 13.4. The number of hydrogen-bond acceptors (Lipinski definition) is 2. The van der Waals surface area contributed by atoms with Crippen LogP contribution in [-0.2, 0) is 0 Å². The Labute approximate surface area is 151 Å². The second kappa shape index (κ2) is 7.23. The SMILES string of the molecule is C[C@H]1CN(C(=O)c2cccc(F)c2)[C@@H](C)CN1C(=O)c1cccc(F)c1. The van der Waals surface area contributed by atoms with E-state index in [4.69, 9.17) is 0 Å². The Morgan fingerprint density at radius 2 is 1.19 bits per heavy atom. The summed E-state index contributed by atoms with van der Waals surface area (Å²) in [6.07, 6.45) is 0. The first-order valence-electron chi connectivity index (χ1n) is 8.50. The number of piperazine rings is 1. The highest BCUT2D eigenvalue weighted by molar-refractivity contribution is 5.96. The standard InChI is InChI=1S/C20H20F2N2O2/c1-13-11-24(20(26)16-6-4-8-18(22)10-16)14(2)12-23(13)19(25)15-5-3-7-17(21)9-15/h3-10,13-14H,11-12H2,1-2H3/t13-,14-/m0/s1. The summed E-state index contributed by atoms with van der Waals surface area (Å²) in [6.45, 7) is 4.35. The lowest BCUT2D eigenvalue weighted by atomic mass is 10.0. The van der Waals surface area contributed by atoms with Crippen LogP contribution in [0.3, 0.4) is 0 Å². The van der Waals surface area contributed by atoms with Crippen LogP contribution in [-0.4, -0.2) is 46.8 Å². The van der Waals surface area contributed by atoms with E-state index in [9.17, 15) is 18.4 Å². The van der Waals surface area contributed by atoms with Gasteiger partial charge < -0.3 is 9.80 Å². The van der Waals surface area contributed by atoms with Crippen LogP contribution in [0.1, 0.15) is 34.6 Å². The highest BCUT2D eigenvalue weighted by Crippen LogP contribution is 2.21. The quantitative estimate of drug-likeness (QED) is 0.826. The summed E-state index contributed by atoms with van der Waals surface area (Å²) in [5.41, 5.74) is 0.572. The van der Waals surface area contributed by atoms with Crippen LogP contribution in [0, 0.1) is 11.6 Å². The predicted molar refractivity (Wildman–Crippen MR) is 93.8 cm³/mol. The Morgan fingerprint density at radius 3 is 1.54 bits per heavy atom. The van der Waals surface area contributed by atoms with E-state index in [0.717, 1.165) is 0 Å². The largest absolute Gasteiger partial charge is 0.332 e. The van der Waals surface area contributed by atoms with Gasteiger partial charge in [0.15, 0.2) is 0 Å². The average Bonchev–Trinajstić information content (AvgIpc) is 2.62. The summed E-state index contributed by atoms with van der Waals surface area (Å²) in [6, 6.07) is 10.7. The van der Waals surface area contributed by atoms with Crippen molar-refractivity contribution in [2.45, 2.75) is 25.9 Å². The first-order chi connectivity index (χ1) is 12.4. The lowest BCUT2D eigenvalue weighted by Crippen LogP contribution is -2.59. The zero-order valence-corrected chi connectivity index (χ0v) is 14.7. The molecule has 4 nitrogen and oxygen atoms in total. The Morgan fingerprint density at radius 1 is 0.808 bits per heavy atom. The minimum absolute atomic E-state index is 0.237. The van der Waals surface area contributed by atoms with Crippen molar-refractivity contribution in [1.29, 1.82) is 0 Å². The monoisotopic (exact) mass is 358 g/mol. The third-order valence-electron chi connectivity index (χ3n) is 4.65. The molecule has 6 heteroatoms. The van der Waals surface area contributed by atoms with Gasteiger partial charge in [-0.2, -0.15) is 0 Å². The molecule has 136 valence electrons.